The summed E-state index contributed by atoms with van der Waals surface area (Å²) in [4.78, 5) is 0. The van der Waals surface area contributed by atoms with Gasteiger partial charge in [0.1, 0.15) is 0 Å². The van der Waals surface area contributed by atoms with Gasteiger partial charge in [0.15, 0.2) is 0 Å². The van der Waals surface area contributed by atoms with Crippen molar-refractivity contribution in [2.45, 2.75) is 38.2 Å². The fourth-order valence-corrected chi connectivity index (χ4v) is 1.40. The Morgan fingerprint density at radius 1 is 1.73 bits per heavy atom. The van der Waals surface area contributed by atoms with Crippen molar-refractivity contribution in [2.75, 3.05) is 0 Å². The van der Waals surface area contributed by atoms with Crippen molar-refractivity contribution < 1.29 is 5.11 Å². The van der Waals surface area contributed by atoms with Crippen LogP contribution in [0.2, 0.25) is 0 Å². The fraction of sp³-hybridized carbons (Fsp3) is 0.600. The summed E-state index contributed by atoms with van der Waals surface area (Å²) in [5.74, 6) is 2.61. The van der Waals surface area contributed by atoms with Crippen LogP contribution in [-0.2, 0) is 0 Å². The average molecular weight is 150 g/mol. The van der Waals surface area contributed by atoms with Crippen LogP contribution in [0.25, 0.3) is 0 Å². The van der Waals surface area contributed by atoms with E-state index in [-0.39, 0.29) is 6.10 Å². The van der Waals surface area contributed by atoms with Crippen molar-refractivity contribution in [3.8, 4) is 12.3 Å². The first-order chi connectivity index (χ1) is 5.33. The second-order valence-electron chi connectivity index (χ2n) is 2.99. The van der Waals surface area contributed by atoms with Gasteiger partial charge in [-0.25, -0.2) is 0 Å². The molecule has 0 aromatic rings. The number of hydrogen-bond acceptors (Lipinski definition) is 1. The SMILES string of the molecule is C#CCCCC1=CC(O)CC1. The molecule has 60 valence electrons. The summed E-state index contributed by atoms with van der Waals surface area (Å²) in [6.45, 7) is 0. The Bertz CT molecular complexity index is 186. The van der Waals surface area contributed by atoms with Crippen molar-refractivity contribution >= 4 is 0 Å². The Morgan fingerprint density at radius 2 is 2.55 bits per heavy atom. The number of aliphatic hydroxyl groups excluding tert-OH is 1. The highest BCUT2D eigenvalue weighted by Crippen LogP contribution is 2.22. The molecule has 0 amide bonds. The highest BCUT2D eigenvalue weighted by Gasteiger charge is 2.11. The van der Waals surface area contributed by atoms with Crippen LogP contribution in [-0.4, -0.2) is 11.2 Å². The lowest BCUT2D eigenvalue weighted by atomic mass is 10.1. The second-order valence-corrected chi connectivity index (χ2v) is 2.99. The Balaban J connectivity index is 2.18. The number of allylic oxidation sites excluding steroid dienone is 1. The Kier molecular flexibility index (Phi) is 3.19. The normalized spacial score (nSPS) is 22.9. The topological polar surface area (TPSA) is 20.2 Å². The molecule has 0 aromatic carbocycles. The van der Waals surface area contributed by atoms with Crippen LogP contribution >= 0.6 is 0 Å². The summed E-state index contributed by atoms with van der Waals surface area (Å²) in [5.41, 5.74) is 1.38. The predicted molar refractivity (Wildman–Crippen MR) is 46.0 cm³/mol. The van der Waals surface area contributed by atoms with Gasteiger partial charge >= 0.3 is 0 Å². The Morgan fingerprint density at radius 3 is 3.09 bits per heavy atom. The van der Waals surface area contributed by atoms with Crippen LogP contribution in [0.5, 0.6) is 0 Å². The minimum Gasteiger partial charge on any atom is -0.389 e. The lowest BCUT2D eigenvalue weighted by molar-refractivity contribution is 0.223. The van der Waals surface area contributed by atoms with E-state index in [1.807, 2.05) is 6.08 Å². The summed E-state index contributed by atoms with van der Waals surface area (Å²) >= 11 is 0. The first-order valence-electron chi connectivity index (χ1n) is 4.14. The van der Waals surface area contributed by atoms with E-state index in [0.717, 1.165) is 32.1 Å². The fourth-order valence-electron chi connectivity index (χ4n) is 1.40. The molecule has 1 N–H and O–H groups in total. The molecule has 0 aliphatic heterocycles. The van der Waals surface area contributed by atoms with Crippen LogP contribution in [0.1, 0.15) is 32.1 Å². The number of terminal acetylenes is 1. The van der Waals surface area contributed by atoms with Gasteiger partial charge in [0.25, 0.3) is 0 Å². The van der Waals surface area contributed by atoms with E-state index >= 15 is 0 Å². The smallest absolute Gasteiger partial charge is 0.0726 e. The van der Waals surface area contributed by atoms with Crippen molar-refractivity contribution in [2.24, 2.45) is 0 Å². The van der Waals surface area contributed by atoms with Gasteiger partial charge in [0.05, 0.1) is 6.10 Å². The van der Waals surface area contributed by atoms with E-state index in [4.69, 9.17) is 11.5 Å². The zero-order valence-corrected chi connectivity index (χ0v) is 6.71. The zero-order valence-electron chi connectivity index (χ0n) is 6.71. The maximum atomic E-state index is 9.14. The van der Waals surface area contributed by atoms with Crippen LogP contribution in [0.15, 0.2) is 11.6 Å². The summed E-state index contributed by atoms with van der Waals surface area (Å²) in [7, 11) is 0. The first kappa shape index (κ1) is 8.36. The molecule has 0 saturated carbocycles. The van der Waals surface area contributed by atoms with E-state index in [1.54, 1.807) is 0 Å². The summed E-state index contributed by atoms with van der Waals surface area (Å²) in [6.07, 6.45) is 11.9. The van der Waals surface area contributed by atoms with Gasteiger partial charge in [-0.2, -0.15) is 0 Å². The molecular weight excluding hydrogens is 136 g/mol. The third-order valence-corrected chi connectivity index (χ3v) is 2.01. The number of unbranched alkanes of at least 4 members (excludes halogenated alkanes) is 1. The van der Waals surface area contributed by atoms with Crippen molar-refractivity contribution in [1.29, 1.82) is 0 Å². The minimum absolute atomic E-state index is 0.184. The molecule has 0 aromatic heterocycles. The molecule has 0 bridgehead atoms. The summed E-state index contributed by atoms with van der Waals surface area (Å²) in [5, 5.41) is 9.14. The van der Waals surface area contributed by atoms with Gasteiger partial charge in [0, 0.05) is 6.42 Å². The van der Waals surface area contributed by atoms with Crippen molar-refractivity contribution in [3.05, 3.63) is 11.6 Å². The maximum Gasteiger partial charge on any atom is 0.0726 e. The van der Waals surface area contributed by atoms with Gasteiger partial charge in [-0.05, 0) is 25.7 Å². The Labute approximate surface area is 68.1 Å². The molecule has 0 fully saturated rings. The van der Waals surface area contributed by atoms with Gasteiger partial charge in [0.2, 0.25) is 0 Å². The molecular formula is C10H14O. The third kappa shape index (κ3) is 2.78. The zero-order chi connectivity index (χ0) is 8.10. The van der Waals surface area contributed by atoms with Gasteiger partial charge in [-0.1, -0.05) is 11.6 Å². The molecule has 0 saturated heterocycles. The molecule has 1 aliphatic carbocycles. The molecule has 1 heteroatoms. The molecule has 1 atom stereocenters. The molecule has 1 aliphatic rings. The van der Waals surface area contributed by atoms with Crippen LogP contribution in [0, 0.1) is 12.3 Å². The first-order valence-corrected chi connectivity index (χ1v) is 4.14. The lowest BCUT2D eigenvalue weighted by Crippen LogP contribution is -1.93. The lowest BCUT2D eigenvalue weighted by Gasteiger charge is -1.96. The molecule has 11 heavy (non-hydrogen) atoms. The molecule has 0 spiro atoms. The van der Waals surface area contributed by atoms with E-state index < -0.39 is 0 Å². The highest BCUT2D eigenvalue weighted by molar-refractivity contribution is 5.11. The minimum atomic E-state index is -0.184. The van der Waals surface area contributed by atoms with E-state index in [9.17, 15) is 0 Å². The maximum absolute atomic E-state index is 9.14. The molecule has 0 heterocycles. The number of aliphatic hydroxyl groups is 1. The van der Waals surface area contributed by atoms with Gasteiger partial charge in [-0.15, -0.1) is 12.3 Å². The van der Waals surface area contributed by atoms with Crippen LogP contribution in [0.4, 0.5) is 0 Å². The predicted octanol–water partition coefficient (Wildman–Crippen LogP) is 1.87. The standard InChI is InChI=1S/C10H14O/c1-2-3-4-5-9-6-7-10(11)8-9/h1,8,10-11H,3-7H2. The summed E-state index contributed by atoms with van der Waals surface area (Å²) in [6, 6.07) is 0. The van der Waals surface area contributed by atoms with Crippen LogP contribution < -0.4 is 0 Å². The Hall–Kier alpha value is -0.740. The third-order valence-electron chi connectivity index (χ3n) is 2.01. The number of rotatable bonds is 3. The highest BCUT2D eigenvalue weighted by atomic mass is 16.3. The van der Waals surface area contributed by atoms with Crippen LogP contribution in [0.3, 0.4) is 0 Å². The summed E-state index contributed by atoms with van der Waals surface area (Å²) < 4.78 is 0. The molecule has 1 unspecified atom stereocenters. The second kappa shape index (κ2) is 4.20. The van der Waals surface area contributed by atoms with Crippen molar-refractivity contribution in [3.63, 3.8) is 0 Å². The van der Waals surface area contributed by atoms with Gasteiger partial charge in [-0.3, -0.25) is 0 Å². The molecule has 1 nitrogen and oxygen atoms in total. The average Bonchev–Trinajstić information content (AvgIpc) is 2.37. The molecule has 0 radical (unpaired) electrons. The quantitative estimate of drug-likeness (QED) is 0.370. The monoisotopic (exact) mass is 150 g/mol. The van der Waals surface area contributed by atoms with E-state index in [1.165, 1.54) is 5.57 Å². The number of hydrogen-bond donors (Lipinski definition) is 1. The van der Waals surface area contributed by atoms with Gasteiger partial charge < -0.3 is 5.11 Å². The largest absolute Gasteiger partial charge is 0.389 e. The van der Waals surface area contributed by atoms with E-state index in [0.29, 0.717) is 0 Å². The van der Waals surface area contributed by atoms with E-state index in [2.05, 4.69) is 5.92 Å². The molecule has 1 rings (SSSR count). The van der Waals surface area contributed by atoms with Crippen molar-refractivity contribution in [1.82, 2.24) is 0 Å².